The van der Waals surface area contributed by atoms with Crippen LogP contribution in [0.25, 0.3) is 10.9 Å². The maximum Gasteiger partial charge on any atom is 0.251 e. The van der Waals surface area contributed by atoms with Crippen molar-refractivity contribution in [1.29, 1.82) is 0 Å². The first-order valence-electron chi connectivity index (χ1n) is 13.1. The quantitative estimate of drug-likeness (QED) is 0.170. The van der Waals surface area contributed by atoms with Gasteiger partial charge in [0.05, 0.1) is 12.9 Å². The van der Waals surface area contributed by atoms with Crippen molar-refractivity contribution >= 4 is 40.2 Å². The van der Waals surface area contributed by atoms with E-state index in [1.807, 2.05) is 56.3 Å². The van der Waals surface area contributed by atoms with Gasteiger partial charge in [0.1, 0.15) is 11.8 Å². The molecule has 1 atom stereocenters. The molecule has 3 aromatic heterocycles. The number of carbonyl (C=O) groups excluding carboxylic acids is 2. The number of amides is 2. The van der Waals surface area contributed by atoms with Crippen LogP contribution in [0.15, 0.2) is 90.5 Å². The number of rotatable bonds is 10. The lowest BCUT2D eigenvalue weighted by Crippen LogP contribution is -2.41. The van der Waals surface area contributed by atoms with Crippen LogP contribution in [-0.4, -0.2) is 49.5 Å². The number of fused-ring (bicyclic) bond motifs is 1. The van der Waals surface area contributed by atoms with E-state index >= 15 is 0 Å². The highest BCUT2D eigenvalue weighted by Gasteiger charge is 2.33. The minimum atomic E-state index is -0.943. The van der Waals surface area contributed by atoms with E-state index in [9.17, 15) is 9.59 Å². The van der Waals surface area contributed by atoms with Crippen molar-refractivity contribution in [3.05, 3.63) is 108 Å². The molecule has 0 spiro atoms. The number of nitrogens with zero attached hydrogens (tertiary/aromatic N) is 4. The molecule has 0 fully saturated rings. The van der Waals surface area contributed by atoms with Crippen LogP contribution in [0.3, 0.4) is 0 Å². The standard InChI is InChI=1S/C31H30N6O3S/c1-20-15-21(2)35-31(34-20)41-19-28(38)37(18-22-7-6-14-32-16-22)29(26-17-33-27-9-5-4-8-25(26)27)30(39)36-23-10-12-24(40-3)13-11-23/h4-17,29,33H,18-19H2,1-3H3,(H,36,39). The van der Waals surface area contributed by atoms with Crippen molar-refractivity contribution in [2.45, 2.75) is 31.6 Å². The van der Waals surface area contributed by atoms with Crippen molar-refractivity contribution in [1.82, 2.24) is 24.8 Å². The Morgan fingerprint density at radius 2 is 1.78 bits per heavy atom. The normalized spacial score (nSPS) is 11.7. The topological polar surface area (TPSA) is 113 Å². The van der Waals surface area contributed by atoms with Gasteiger partial charge >= 0.3 is 0 Å². The smallest absolute Gasteiger partial charge is 0.251 e. The van der Waals surface area contributed by atoms with E-state index < -0.39 is 6.04 Å². The Kier molecular flexibility index (Phi) is 8.59. The van der Waals surface area contributed by atoms with Crippen LogP contribution in [-0.2, 0) is 16.1 Å². The first-order valence-corrected chi connectivity index (χ1v) is 14.0. The zero-order chi connectivity index (χ0) is 28.8. The lowest BCUT2D eigenvalue weighted by Gasteiger charge is -2.31. The minimum absolute atomic E-state index is 0.0534. The second-order valence-electron chi connectivity index (χ2n) is 9.51. The van der Waals surface area contributed by atoms with E-state index in [1.165, 1.54) is 11.8 Å². The predicted molar refractivity (Wildman–Crippen MR) is 160 cm³/mol. The van der Waals surface area contributed by atoms with Crippen molar-refractivity contribution in [2.75, 3.05) is 18.2 Å². The largest absolute Gasteiger partial charge is 0.497 e. The average molecular weight is 567 g/mol. The number of nitrogens with one attached hydrogen (secondary N) is 2. The Morgan fingerprint density at radius 3 is 2.49 bits per heavy atom. The van der Waals surface area contributed by atoms with Gasteiger partial charge in [-0.1, -0.05) is 36.0 Å². The fourth-order valence-electron chi connectivity index (χ4n) is 4.63. The van der Waals surface area contributed by atoms with Crippen LogP contribution in [0.1, 0.15) is 28.6 Å². The van der Waals surface area contributed by atoms with Gasteiger partial charge in [-0.3, -0.25) is 14.6 Å². The van der Waals surface area contributed by atoms with E-state index in [1.54, 1.807) is 54.9 Å². The number of H-pyrrole nitrogens is 1. The number of carbonyl (C=O) groups is 2. The third kappa shape index (κ3) is 6.72. The van der Waals surface area contributed by atoms with E-state index in [-0.39, 0.29) is 24.1 Å². The maximum absolute atomic E-state index is 14.1. The third-order valence-electron chi connectivity index (χ3n) is 6.52. The predicted octanol–water partition coefficient (Wildman–Crippen LogP) is 5.48. The molecule has 208 valence electrons. The Labute approximate surface area is 242 Å². The third-order valence-corrected chi connectivity index (χ3v) is 7.35. The molecule has 9 nitrogen and oxygen atoms in total. The van der Waals surface area contributed by atoms with E-state index in [4.69, 9.17) is 4.74 Å². The molecule has 5 rings (SSSR count). The number of hydrogen-bond donors (Lipinski definition) is 2. The summed E-state index contributed by atoms with van der Waals surface area (Å²) in [5, 5.41) is 4.38. The molecule has 0 bridgehead atoms. The SMILES string of the molecule is COc1ccc(NC(=O)C(c2c[nH]c3ccccc23)N(Cc2cccnc2)C(=O)CSc2nc(C)cc(C)n2)cc1. The summed E-state index contributed by atoms with van der Waals surface area (Å²) >= 11 is 1.25. The van der Waals surface area contributed by atoms with Gasteiger partial charge in [-0.15, -0.1) is 0 Å². The lowest BCUT2D eigenvalue weighted by atomic mass is 10.0. The summed E-state index contributed by atoms with van der Waals surface area (Å²) in [5.41, 5.74) is 4.61. The molecule has 2 aromatic carbocycles. The number of anilines is 1. The Bertz CT molecular complexity index is 1640. The molecule has 41 heavy (non-hydrogen) atoms. The maximum atomic E-state index is 14.1. The first kappa shape index (κ1) is 27.9. The van der Waals surface area contributed by atoms with E-state index in [0.29, 0.717) is 22.2 Å². The highest BCUT2D eigenvalue weighted by atomic mass is 32.2. The summed E-state index contributed by atoms with van der Waals surface area (Å²) in [5.74, 6) is 0.152. The van der Waals surface area contributed by atoms with Gasteiger partial charge in [-0.05, 0) is 61.9 Å². The molecular weight excluding hydrogens is 536 g/mol. The van der Waals surface area contributed by atoms with Crippen LogP contribution in [0, 0.1) is 13.8 Å². The molecule has 0 saturated carbocycles. The summed E-state index contributed by atoms with van der Waals surface area (Å²) < 4.78 is 5.25. The molecule has 1 unspecified atom stereocenters. The molecule has 0 radical (unpaired) electrons. The summed E-state index contributed by atoms with van der Waals surface area (Å²) in [7, 11) is 1.59. The Morgan fingerprint density at radius 1 is 1.02 bits per heavy atom. The zero-order valence-corrected chi connectivity index (χ0v) is 23.8. The van der Waals surface area contributed by atoms with Crippen molar-refractivity contribution in [3.8, 4) is 5.75 Å². The number of pyridine rings is 1. The summed E-state index contributed by atoms with van der Waals surface area (Å²) in [6.07, 6.45) is 5.18. The first-order chi connectivity index (χ1) is 19.9. The van der Waals surface area contributed by atoms with Gasteiger partial charge in [0.25, 0.3) is 5.91 Å². The van der Waals surface area contributed by atoms with Crippen LogP contribution >= 0.6 is 11.8 Å². The molecule has 0 saturated heterocycles. The fraction of sp³-hybridized carbons (Fsp3) is 0.194. The number of para-hydroxylation sites is 1. The summed E-state index contributed by atoms with van der Waals surface area (Å²) in [6.45, 7) is 3.97. The highest BCUT2D eigenvalue weighted by Crippen LogP contribution is 2.32. The minimum Gasteiger partial charge on any atom is -0.497 e. The number of aromatic nitrogens is 4. The molecular formula is C31H30N6O3S. The molecule has 0 aliphatic heterocycles. The molecule has 0 aliphatic rings. The average Bonchev–Trinajstić information content (AvgIpc) is 3.40. The molecule has 3 heterocycles. The van der Waals surface area contributed by atoms with Crippen LogP contribution in [0.4, 0.5) is 5.69 Å². The van der Waals surface area contributed by atoms with Crippen LogP contribution in [0.2, 0.25) is 0 Å². The monoisotopic (exact) mass is 566 g/mol. The van der Waals surface area contributed by atoms with Crippen LogP contribution in [0.5, 0.6) is 5.75 Å². The second-order valence-corrected chi connectivity index (χ2v) is 10.5. The van der Waals surface area contributed by atoms with Gasteiger partial charge in [0.2, 0.25) is 5.91 Å². The van der Waals surface area contributed by atoms with Crippen molar-refractivity contribution in [2.24, 2.45) is 0 Å². The molecule has 2 amide bonds. The van der Waals surface area contributed by atoms with Gasteiger partial charge < -0.3 is 19.9 Å². The van der Waals surface area contributed by atoms with Gasteiger partial charge in [0.15, 0.2) is 5.16 Å². The number of thioether (sulfide) groups is 1. The number of ether oxygens (including phenoxy) is 1. The highest BCUT2D eigenvalue weighted by molar-refractivity contribution is 7.99. The molecule has 5 aromatic rings. The molecule has 10 heteroatoms. The van der Waals surface area contributed by atoms with Crippen molar-refractivity contribution < 1.29 is 14.3 Å². The van der Waals surface area contributed by atoms with Crippen LogP contribution < -0.4 is 10.1 Å². The Hall–Kier alpha value is -4.70. The summed E-state index contributed by atoms with van der Waals surface area (Å²) in [4.78, 5) is 46.2. The Balaban J connectivity index is 1.53. The fourth-order valence-corrected chi connectivity index (χ4v) is 5.47. The van der Waals surface area contributed by atoms with E-state index in [2.05, 4.69) is 25.3 Å². The number of hydrogen-bond acceptors (Lipinski definition) is 7. The van der Waals surface area contributed by atoms with E-state index in [0.717, 1.165) is 27.9 Å². The van der Waals surface area contributed by atoms with Gasteiger partial charge in [-0.2, -0.15) is 0 Å². The molecule has 0 aliphatic carbocycles. The van der Waals surface area contributed by atoms with Gasteiger partial charge in [0, 0.05) is 58.7 Å². The number of benzene rings is 2. The lowest BCUT2D eigenvalue weighted by molar-refractivity contribution is -0.137. The number of methoxy groups -OCH3 is 1. The van der Waals surface area contributed by atoms with Gasteiger partial charge in [-0.25, -0.2) is 9.97 Å². The van der Waals surface area contributed by atoms with Crippen molar-refractivity contribution in [3.63, 3.8) is 0 Å². The number of aromatic amines is 1. The summed E-state index contributed by atoms with van der Waals surface area (Å²) in [6, 6.07) is 19.5. The zero-order valence-electron chi connectivity index (χ0n) is 23.0. The number of aryl methyl sites for hydroxylation is 2. The molecule has 2 N–H and O–H groups in total. The second kappa shape index (κ2) is 12.6.